The molecular weight excluding hydrogens is 376 g/mol. The second-order valence-electron chi connectivity index (χ2n) is 6.98. The first-order chi connectivity index (χ1) is 13.3. The minimum atomic E-state index is -3.71. The molecule has 1 saturated heterocycles. The minimum absolute atomic E-state index is 0.0459. The van der Waals surface area contributed by atoms with Gasteiger partial charge in [0.05, 0.1) is 6.61 Å². The molecule has 7 heteroatoms. The van der Waals surface area contributed by atoms with E-state index in [1.807, 2.05) is 32.0 Å². The van der Waals surface area contributed by atoms with Gasteiger partial charge in [0.25, 0.3) is 5.91 Å². The molecule has 0 aromatic heterocycles. The van der Waals surface area contributed by atoms with Crippen molar-refractivity contribution in [1.82, 2.24) is 4.31 Å². The lowest BCUT2D eigenvalue weighted by Crippen LogP contribution is -2.28. The largest absolute Gasteiger partial charge is 0.492 e. The van der Waals surface area contributed by atoms with Crippen molar-refractivity contribution in [3.8, 4) is 5.75 Å². The molecule has 0 atom stereocenters. The van der Waals surface area contributed by atoms with Crippen molar-refractivity contribution in [2.75, 3.05) is 25.0 Å². The number of carbonyl (C=O) groups excluding carboxylic acids is 1. The molecule has 2 aromatic rings. The van der Waals surface area contributed by atoms with Gasteiger partial charge in [-0.1, -0.05) is 17.7 Å². The Bertz CT molecular complexity index is 980. The number of hydrogen-bond acceptors (Lipinski definition) is 4. The number of amides is 1. The zero-order valence-corrected chi connectivity index (χ0v) is 17.3. The predicted octanol–water partition coefficient (Wildman–Crippen LogP) is 3.74. The second-order valence-corrected chi connectivity index (χ2v) is 8.88. The van der Waals surface area contributed by atoms with E-state index in [4.69, 9.17) is 4.74 Å². The molecule has 0 radical (unpaired) electrons. The van der Waals surface area contributed by atoms with Gasteiger partial charge in [0.2, 0.25) is 10.0 Å². The van der Waals surface area contributed by atoms with E-state index in [9.17, 15) is 13.2 Å². The molecule has 1 amide bonds. The smallest absolute Gasteiger partial charge is 0.255 e. The zero-order valence-electron chi connectivity index (χ0n) is 16.5. The predicted molar refractivity (Wildman–Crippen MR) is 109 cm³/mol. The number of carbonyl (C=O) groups is 1. The number of benzene rings is 2. The summed E-state index contributed by atoms with van der Waals surface area (Å²) >= 11 is 0. The lowest BCUT2D eigenvalue weighted by molar-refractivity contribution is 0.102. The maximum absolute atomic E-state index is 13.1. The standard InChI is InChI=1S/C21H26N2O4S/c1-4-27-19-10-8-17(14-20(19)28(25,26)23-11-5-6-12-23)21(24)22-18-9-7-15(2)13-16(18)3/h7-10,13-14H,4-6,11-12H2,1-3H3,(H,22,24). The summed E-state index contributed by atoms with van der Waals surface area (Å²) in [5.41, 5.74) is 3.04. The SMILES string of the molecule is CCOc1ccc(C(=O)Nc2ccc(C)cc2C)cc1S(=O)(=O)N1CCCC1. The molecule has 150 valence electrons. The number of hydrogen-bond donors (Lipinski definition) is 1. The fraction of sp³-hybridized carbons (Fsp3) is 0.381. The Morgan fingerprint density at radius 1 is 1.11 bits per heavy atom. The van der Waals surface area contributed by atoms with Crippen LogP contribution in [0.4, 0.5) is 5.69 Å². The normalized spacial score (nSPS) is 14.8. The maximum Gasteiger partial charge on any atom is 0.255 e. The summed E-state index contributed by atoms with van der Waals surface area (Å²) in [6, 6.07) is 10.3. The van der Waals surface area contributed by atoms with Gasteiger partial charge in [-0.05, 0) is 63.4 Å². The number of rotatable bonds is 6. The van der Waals surface area contributed by atoms with E-state index < -0.39 is 10.0 Å². The molecule has 1 aliphatic rings. The number of nitrogens with one attached hydrogen (secondary N) is 1. The Balaban J connectivity index is 1.95. The van der Waals surface area contributed by atoms with Crippen LogP contribution in [0.2, 0.25) is 0 Å². The summed E-state index contributed by atoms with van der Waals surface area (Å²) in [6.45, 7) is 7.04. The van der Waals surface area contributed by atoms with Crippen molar-refractivity contribution in [2.24, 2.45) is 0 Å². The third kappa shape index (κ3) is 4.20. The first-order valence-electron chi connectivity index (χ1n) is 9.48. The summed E-state index contributed by atoms with van der Waals surface area (Å²) in [7, 11) is -3.71. The van der Waals surface area contributed by atoms with Gasteiger partial charge in [0.1, 0.15) is 10.6 Å². The van der Waals surface area contributed by atoms with E-state index in [2.05, 4.69) is 5.32 Å². The lowest BCUT2D eigenvalue weighted by Gasteiger charge is -2.19. The van der Waals surface area contributed by atoms with Crippen LogP contribution in [0.25, 0.3) is 0 Å². The fourth-order valence-electron chi connectivity index (χ4n) is 3.34. The fourth-order valence-corrected chi connectivity index (χ4v) is 5.02. The third-order valence-corrected chi connectivity index (χ3v) is 6.74. The van der Waals surface area contributed by atoms with E-state index in [1.165, 1.54) is 10.4 Å². The molecule has 28 heavy (non-hydrogen) atoms. The van der Waals surface area contributed by atoms with Crippen LogP contribution < -0.4 is 10.1 Å². The molecule has 0 unspecified atom stereocenters. The first kappa shape index (κ1) is 20.4. The van der Waals surface area contributed by atoms with E-state index in [0.717, 1.165) is 24.0 Å². The highest BCUT2D eigenvalue weighted by atomic mass is 32.2. The Morgan fingerprint density at radius 3 is 2.46 bits per heavy atom. The van der Waals surface area contributed by atoms with Gasteiger partial charge >= 0.3 is 0 Å². The highest BCUT2D eigenvalue weighted by Crippen LogP contribution is 2.30. The van der Waals surface area contributed by atoms with Crippen LogP contribution in [0.5, 0.6) is 5.75 Å². The van der Waals surface area contributed by atoms with Crippen molar-refractivity contribution >= 4 is 21.6 Å². The Kier molecular flexibility index (Phi) is 6.05. The van der Waals surface area contributed by atoms with E-state index >= 15 is 0 Å². The molecule has 0 aliphatic carbocycles. The quantitative estimate of drug-likeness (QED) is 0.799. The summed E-state index contributed by atoms with van der Waals surface area (Å²) in [4.78, 5) is 12.8. The molecule has 1 heterocycles. The van der Waals surface area contributed by atoms with Crippen LogP contribution in [-0.2, 0) is 10.0 Å². The van der Waals surface area contributed by atoms with Gasteiger partial charge in [0, 0.05) is 24.3 Å². The summed E-state index contributed by atoms with van der Waals surface area (Å²) < 4.78 is 33.1. The van der Waals surface area contributed by atoms with Crippen LogP contribution in [-0.4, -0.2) is 38.3 Å². The van der Waals surface area contributed by atoms with Gasteiger partial charge in [-0.25, -0.2) is 8.42 Å². The summed E-state index contributed by atoms with van der Waals surface area (Å²) in [5.74, 6) is -0.0784. The van der Waals surface area contributed by atoms with Gasteiger partial charge in [-0.15, -0.1) is 0 Å². The van der Waals surface area contributed by atoms with Crippen molar-refractivity contribution < 1.29 is 17.9 Å². The van der Waals surface area contributed by atoms with E-state index in [0.29, 0.717) is 25.4 Å². The van der Waals surface area contributed by atoms with Gasteiger partial charge in [-0.3, -0.25) is 4.79 Å². The molecule has 0 bridgehead atoms. The molecular formula is C21H26N2O4S. The van der Waals surface area contributed by atoms with E-state index in [1.54, 1.807) is 19.1 Å². The Morgan fingerprint density at radius 2 is 1.82 bits per heavy atom. The summed E-state index contributed by atoms with van der Waals surface area (Å²) in [6.07, 6.45) is 1.69. The maximum atomic E-state index is 13.1. The highest BCUT2D eigenvalue weighted by Gasteiger charge is 2.30. The Hall–Kier alpha value is -2.38. The molecule has 6 nitrogen and oxygen atoms in total. The van der Waals surface area contributed by atoms with Crippen LogP contribution in [0.1, 0.15) is 41.3 Å². The zero-order chi connectivity index (χ0) is 20.3. The molecule has 0 saturated carbocycles. The van der Waals surface area contributed by atoms with Crippen LogP contribution >= 0.6 is 0 Å². The molecule has 1 fully saturated rings. The Labute approximate surface area is 166 Å². The van der Waals surface area contributed by atoms with Crippen LogP contribution in [0, 0.1) is 13.8 Å². The topological polar surface area (TPSA) is 75.7 Å². The second kappa shape index (κ2) is 8.32. The molecule has 2 aromatic carbocycles. The molecule has 1 N–H and O–H groups in total. The van der Waals surface area contributed by atoms with Gasteiger partial charge < -0.3 is 10.1 Å². The molecule has 3 rings (SSSR count). The monoisotopic (exact) mass is 402 g/mol. The van der Waals surface area contributed by atoms with Crippen LogP contribution in [0.3, 0.4) is 0 Å². The third-order valence-electron chi connectivity index (χ3n) is 4.82. The van der Waals surface area contributed by atoms with Gasteiger partial charge in [-0.2, -0.15) is 4.31 Å². The van der Waals surface area contributed by atoms with E-state index in [-0.39, 0.29) is 22.1 Å². The van der Waals surface area contributed by atoms with Crippen LogP contribution in [0.15, 0.2) is 41.3 Å². The van der Waals surface area contributed by atoms with Crippen molar-refractivity contribution in [2.45, 2.75) is 38.5 Å². The number of nitrogens with zero attached hydrogens (tertiary/aromatic N) is 1. The van der Waals surface area contributed by atoms with Crippen molar-refractivity contribution in [1.29, 1.82) is 0 Å². The first-order valence-corrected chi connectivity index (χ1v) is 10.9. The number of sulfonamides is 1. The lowest BCUT2D eigenvalue weighted by atomic mass is 10.1. The summed E-state index contributed by atoms with van der Waals surface area (Å²) in [5, 5.41) is 2.87. The average Bonchev–Trinajstić information content (AvgIpc) is 3.20. The van der Waals surface area contributed by atoms with Gasteiger partial charge in [0.15, 0.2) is 0 Å². The number of aryl methyl sites for hydroxylation is 2. The highest BCUT2D eigenvalue weighted by molar-refractivity contribution is 7.89. The van der Waals surface area contributed by atoms with Crippen molar-refractivity contribution in [3.63, 3.8) is 0 Å². The van der Waals surface area contributed by atoms with Crippen molar-refractivity contribution in [3.05, 3.63) is 53.1 Å². The molecule has 1 aliphatic heterocycles. The minimum Gasteiger partial charge on any atom is -0.492 e. The number of anilines is 1. The average molecular weight is 403 g/mol. The molecule has 0 spiro atoms. The number of ether oxygens (including phenoxy) is 1.